The summed E-state index contributed by atoms with van der Waals surface area (Å²) in [6.07, 6.45) is 0.410. The van der Waals surface area contributed by atoms with Crippen LogP contribution >= 0.6 is 0 Å². The van der Waals surface area contributed by atoms with Gasteiger partial charge in [-0.1, -0.05) is 12.1 Å². The maximum atomic E-state index is 12.6. The molecular formula is C17H22N2O4. The lowest BCUT2D eigenvalue weighted by molar-refractivity contribution is -0.136. The van der Waals surface area contributed by atoms with Gasteiger partial charge in [-0.2, -0.15) is 0 Å². The van der Waals surface area contributed by atoms with Crippen LogP contribution in [0.2, 0.25) is 0 Å². The summed E-state index contributed by atoms with van der Waals surface area (Å²) >= 11 is 0. The molecule has 0 aliphatic carbocycles. The number of nitrogens with zero attached hydrogens (tertiary/aromatic N) is 2. The van der Waals surface area contributed by atoms with Crippen molar-refractivity contribution in [3.8, 4) is 5.75 Å². The molecule has 2 aliphatic rings. The van der Waals surface area contributed by atoms with E-state index in [0.717, 1.165) is 11.4 Å². The number of benzene rings is 1. The fourth-order valence-corrected chi connectivity index (χ4v) is 2.95. The average Bonchev–Trinajstić information content (AvgIpc) is 2.59. The Balaban J connectivity index is 1.61. The van der Waals surface area contributed by atoms with E-state index in [1.807, 2.05) is 31.2 Å². The number of carbonyl (C=O) groups excluding carboxylic acids is 2. The molecule has 2 aliphatic heterocycles. The predicted octanol–water partition coefficient (Wildman–Crippen LogP) is 1.44. The Morgan fingerprint density at radius 3 is 2.61 bits per heavy atom. The summed E-state index contributed by atoms with van der Waals surface area (Å²) in [6.45, 7) is 4.84. The van der Waals surface area contributed by atoms with Gasteiger partial charge >= 0.3 is 0 Å². The van der Waals surface area contributed by atoms with Crippen molar-refractivity contribution in [1.82, 2.24) is 4.90 Å². The molecule has 0 unspecified atom stereocenters. The standard InChI is InChI=1S/C17H22N2O4/c1-13-12-19(14-4-2-3-5-15(14)23-13)17(21)7-6-16(20)18-8-10-22-11-9-18/h2-5,13H,6-12H2,1H3/t13-/m0/s1. The summed E-state index contributed by atoms with van der Waals surface area (Å²) in [6, 6.07) is 7.52. The highest BCUT2D eigenvalue weighted by atomic mass is 16.5. The highest BCUT2D eigenvalue weighted by molar-refractivity contribution is 5.97. The SMILES string of the molecule is C[C@H]1CN(C(=O)CCC(=O)N2CCOCC2)c2ccccc2O1. The van der Waals surface area contributed by atoms with Gasteiger partial charge in [0.15, 0.2) is 0 Å². The molecule has 0 aromatic heterocycles. The van der Waals surface area contributed by atoms with Crippen molar-refractivity contribution in [1.29, 1.82) is 0 Å². The second-order valence-electron chi connectivity index (χ2n) is 5.89. The monoisotopic (exact) mass is 318 g/mol. The van der Waals surface area contributed by atoms with E-state index in [-0.39, 0.29) is 30.8 Å². The first kappa shape index (κ1) is 15.8. The number of morpholine rings is 1. The molecule has 1 aromatic carbocycles. The number of hydrogen-bond acceptors (Lipinski definition) is 4. The van der Waals surface area contributed by atoms with Crippen molar-refractivity contribution in [2.24, 2.45) is 0 Å². The minimum Gasteiger partial charge on any atom is -0.487 e. The average molecular weight is 318 g/mol. The zero-order chi connectivity index (χ0) is 16.2. The lowest BCUT2D eigenvalue weighted by Gasteiger charge is -2.33. The lowest BCUT2D eigenvalue weighted by atomic mass is 10.1. The molecule has 0 bridgehead atoms. The van der Waals surface area contributed by atoms with Crippen molar-refractivity contribution >= 4 is 17.5 Å². The molecule has 0 saturated carbocycles. The van der Waals surface area contributed by atoms with Gasteiger partial charge in [0.25, 0.3) is 0 Å². The van der Waals surface area contributed by atoms with E-state index < -0.39 is 0 Å². The van der Waals surface area contributed by atoms with E-state index in [1.165, 1.54) is 0 Å². The minimum absolute atomic E-state index is 0.0243. The van der Waals surface area contributed by atoms with Gasteiger partial charge in [0, 0.05) is 25.9 Å². The van der Waals surface area contributed by atoms with Crippen molar-refractivity contribution in [2.75, 3.05) is 37.7 Å². The van der Waals surface area contributed by atoms with Gasteiger partial charge in [-0.3, -0.25) is 9.59 Å². The van der Waals surface area contributed by atoms with E-state index in [0.29, 0.717) is 32.8 Å². The molecule has 0 spiro atoms. The van der Waals surface area contributed by atoms with E-state index in [9.17, 15) is 9.59 Å². The Morgan fingerprint density at radius 2 is 1.83 bits per heavy atom. The Morgan fingerprint density at radius 1 is 1.13 bits per heavy atom. The third-order valence-corrected chi connectivity index (χ3v) is 4.14. The van der Waals surface area contributed by atoms with Crippen LogP contribution in [0.3, 0.4) is 0 Å². The second kappa shape index (κ2) is 7.00. The zero-order valence-electron chi connectivity index (χ0n) is 13.4. The molecule has 0 N–H and O–H groups in total. The van der Waals surface area contributed by atoms with E-state index in [4.69, 9.17) is 9.47 Å². The van der Waals surface area contributed by atoms with E-state index in [1.54, 1.807) is 9.80 Å². The molecule has 1 saturated heterocycles. The minimum atomic E-state index is -0.0520. The van der Waals surface area contributed by atoms with Gasteiger partial charge < -0.3 is 19.3 Å². The second-order valence-corrected chi connectivity index (χ2v) is 5.89. The van der Waals surface area contributed by atoms with Crippen molar-refractivity contribution in [3.63, 3.8) is 0 Å². The maximum absolute atomic E-state index is 12.6. The summed E-state index contributed by atoms with van der Waals surface area (Å²) in [7, 11) is 0. The maximum Gasteiger partial charge on any atom is 0.227 e. The molecule has 2 amide bonds. The van der Waals surface area contributed by atoms with Crippen molar-refractivity contribution < 1.29 is 19.1 Å². The number of para-hydroxylation sites is 2. The summed E-state index contributed by atoms with van der Waals surface area (Å²) < 4.78 is 11.0. The Kier molecular flexibility index (Phi) is 4.81. The van der Waals surface area contributed by atoms with Crippen LogP contribution in [0.4, 0.5) is 5.69 Å². The van der Waals surface area contributed by atoms with Crippen molar-refractivity contribution in [3.05, 3.63) is 24.3 Å². The first-order valence-electron chi connectivity index (χ1n) is 8.06. The van der Waals surface area contributed by atoms with E-state index in [2.05, 4.69) is 0 Å². The molecule has 0 radical (unpaired) electrons. The zero-order valence-corrected chi connectivity index (χ0v) is 13.4. The molecule has 6 heteroatoms. The lowest BCUT2D eigenvalue weighted by Crippen LogP contribution is -2.43. The van der Waals surface area contributed by atoms with Crippen LogP contribution in [-0.4, -0.2) is 55.7 Å². The number of fused-ring (bicyclic) bond motifs is 1. The number of amides is 2. The molecule has 23 heavy (non-hydrogen) atoms. The van der Waals surface area contributed by atoms with Crippen LogP contribution in [-0.2, 0) is 14.3 Å². The first-order valence-corrected chi connectivity index (χ1v) is 8.06. The third kappa shape index (κ3) is 3.64. The highest BCUT2D eigenvalue weighted by Crippen LogP contribution is 2.33. The fraction of sp³-hybridized carbons (Fsp3) is 0.529. The van der Waals surface area contributed by atoms with Gasteiger partial charge in [0.05, 0.1) is 25.4 Å². The molecule has 3 rings (SSSR count). The summed E-state index contributed by atoms with van der Waals surface area (Å²) in [4.78, 5) is 28.2. The Labute approximate surface area is 136 Å². The molecule has 1 atom stereocenters. The molecule has 1 aromatic rings. The first-order chi connectivity index (χ1) is 11.1. The van der Waals surface area contributed by atoms with Crippen LogP contribution in [0.15, 0.2) is 24.3 Å². The number of rotatable bonds is 3. The number of carbonyl (C=O) groups is 2. The van der Waals surface area contributed by atoms with Gasteiger partial charge in [-0.15, -0.1) is 0 Å². The molecule has 6 nitrogen and oxygen atoms in total. The molecule has 124 valence electrons. The van der Waals surface area contributed by atoms with Crippen LogP contribution < -0.4 is 9.64 Å². The van der Waals surface area contributed by atoms with Crippen LogP contribution in [0.5, 0.6) is 5.75 Å². The van der Waals surface area contributed by atoms with Gasteiger partial charge in [0.1, 0.15) is 11.9 Å². The third-order valence-electron chi connectivity index (χ3n) is 4.14. The molecule has 2 heterocycles. The normalized spacial score (nSPS) is 20.7. The van der Waals surface area contributed by atoms with Gasteiger partial charge in [0.2, 0.25) is 11.8 Å². The number of anilines is 1. The molecular weight excluding hydrogens is 296 g/mol. The van der Waals surface area contributed by atoms with Crippen LogP contribution in [0, 0.1) is 0 Å². The summed E-state index contributed by atoms with van der Waals surface area (Å²) in [5.41, 5.74) is 0.787. The van der Waals surface area contributed by atoms with Crippen LogP contribution in [0.25, 0.3) is 0 Å². The predicted molar refractivity (Wildman–Crippen MR) is 85.5 cm³/mol. The smallest absolute Gasteiger partial charge is 0.227 e. The largest absolute Gasteiger partial charge is 0.487 e. The number of hydrogen-bond donors (Lipinski definition) is 0. The Bertz CT molecular complexity index is 584. The van der Waals surface area contributed by atoms with Crippen molar-refractivity contribution in [2.45, 2.75) is 25.9 Å². The topological polar surface area (TPSA) is 59.1 Å². The quantitative estimate of drug-likeness (QED) is 0.846. The summed E-state index contributed by atoms with van der Waals surface area (Å²) in [5, 5.41) is 0. The number of ether oxygens (including phenoxy) is 2. The van der Waals surface area contributed by atoms with Gasteiger partial charge in [-0.25, -0.2) is 0 Å². The van der Waals surface area contributed by atoms with Gasteiger partial charge in [-0.05, 0) is 19.1 Å². The summed E-state index contributed by atoms with van der Waals surface area (Å²) in [5.74, 6) is 0.713. The fourth-order valence-electron chi connectivity index (χ4n) is 2.95. The van der Waals surface area contributed by atoms with E-state index >= 15 is 0 Å². The Hall–Kier alpha value is -2.08. The van der Waals surface area contributed by atoms with Crippen LogP contribution in [0.1, 0.15) is 19.8 Å². The highest BCUT2D eigenvalue weighted by Gasteiger charge is 2.28. The molecule has 1 fully saturated rings.